The van der Waals surface area contributed by atoms with Crippen molar-refractivity contribution in [2.45, 2.75) is 13.3 Å². The largest absolute Gasteiger partial charge is 0.122 e. The highest BCUT2D eigenvalue weighted by Crippen LogP contribution is 1.78. The lowest BCUT2D eigenvalue weighted by atomic mass is 10.4. The van der Waals surface area contributed by atoms with Crippen molar-refractivity contribution in [1.82, 2.24) is 0 Å². The Hall–Kier alpha value is 0.0300. The van der Waals surface area contributed by atoms with E-state index in [9.17, 15) is 0 Å². The molecule has 1 heteroatoms. The molecule has 0 N–H and O–H groups in total. The third kappa shape index (κ3) is 4.03. The molecule has 0 heterocycles. The van der Waals surface area contributed by atoms with Crippen LogP contribution in [0.3, 0.4) is 0 Å². The number of allylic oxidation sites excluding steroid dienone is 2. The van der Waals surface area contributed by atoms with Gasteiger partial charge in [0.2, 0.25) is 0 Å². The van der Waals surface area contributed by atoms with Gasteiger partial charge in [-0.2, -0.15) is 0 Å². The second-order valence-corrected chi connectivity index (χ2v) is 1.22. The summed E-state index contributed by atoms with van der Waals surface area (Å²) in [7, 11) is 0. The molecule has 0 fully saturated rings. The maximum absolute atomic E-state index is 5.24. The molecule has 0 amide bonds. The van der Waals surface area contributed by atoms with Crippen LogP contribution in [0, 0.1) is 6.08 Å². The second kappa shape index (κ2) is 5.03. The molecule has 0 aliphatic carbocycles. The van der Waals surface area contributed by atoms with Gasteiger partial charge in [-0.1, -0.05) is 13.0 Å². The van der Waals surface area contributed by atoms with Crippen molar-refractivity contribution >= 4 is 11.6 Å². The molecule has 0 aromatic rings. The van der Waals surface area contributed by atoms with E-state index in [1.807, 2.05) is 6.08 Å². The zero-order valence-corrected chi connectivity index (χ0v) is 4.63. The fourth-order valence-corrected chi connectivity index (χ4v) is 0.308. The Balaban J connectivity index is 2.73. The maximum atomic E-state index is 5.24. The Kier molecular flexibility index (Phi) is 5.06. The van der Waals surface area contributed by atoms with Crippen LogP contribution in [0.2, 0.25) is 0 Å². The van der Waals surface area contributed by atoms with Crippen LogP contribution in [0.15, 0.2) is 6.08 Å². The van der Waals surface area contributed by atoms with E-state index >= 15 is 0 Å². The summed E-state index contributed by atoms with van der Waals surface area (Å²) < 4.78 is 0. The minimum Gasteiger partial charge on any atom is -0.122 e. The van der Waals surface area contributed by atoms with E-state index in [4.69, 9.17) is 11.6 Å². The molecule has 0 bridgehead atoms. The van der Waals surface area contributed by atoms with Gasteiger partial charge >= 0.3 is 0 Å². The first-order valence-corrected chi connectivity index (χ1v) is 2.56. The molecule has 0 aliphatic heterocycles. The standard InChI is InChI=1S/C5H8Cl/c1-2-3-4-5-6/h3H,2,5H2,1H3. The van der Waals surface area contributed by atoms with Crippen LogP contribution >= 0.6 is 11.6 Å². The minimum atomic E-state index is 0.522. The van der Waals surface area contributed by atoms with E-state index in [1.165, 1.54) is 0 Å². The Morgan fingerprint density at radius 2 is 2.50 bits per heavy atom. The van der Waals surface area contributed by atoms with E-state index in [2.05, 4.69) is 13.0 Å². The summed E-state index contributed by atoms with van der Waals surface area (Å²) in [5.74, 6) is 0.522. The zero-order chi connectivity index (χ0) is 4.83. The summed E-state index contributed by atoms with van der Waals surface area (Å²) >= 11 is 5.24. The highest BCUT2D eigenvalue weighted by molar-refractivity contribution is 6.18. The van der Waals surface area contributed by atoms with Crippen molar-refractivity contribution in [2.75, 3.05) is 5.88 Å². The average Bonchev–Trinajstić information content (AvgIpc) is 1.61. The third-order valence-electron chi connectivity index (χ3n) is 0.426. The number of hydrogen-bond donors (Lipinski definition) is 0. The van der Waals surface area contributed by atoms with Crippen molar-refractivity contribution in [3.63, 3.8) is 0 Å². The lowest BCUT2D eigenvalue weighted by Crippen LogP contribution is -1.58. The topological polar surface area (TPSA) is 0 Å². The Bertz CT molecular complexity index is 33.2. The van der Waals surface area contributed by atoms with Crippen LogP contribution < -0.4 is 0 Å². The molecule has 0 nitrogen and oxygen atoms in total. The maximum Gasteiger partial charge on any atom is 0.0473 e. The minimum absolute atomic E-state index is 0.522. The molecule has 35 valence electrons. The van der Waals surface area contributed by atoms with Gasteiger partial charge in [-0.3, -0.25) is 0 Å². The van der Waals surface area contributed by atoms with Crippen molar-refractivity contribution in [1.29, 1.82) is 0 Å². The summed E-state index contributed by atoms with van der Waals surface area (Å²) in [5, 5.41) is 0. The Morgan fingerprint density at radius 3 is 2.67 bits per heavy atom. The predicted octanol–water partition coefficient (Wildman–Crippen LogP) is 1.99. The first-order chi connectivity index (χ1) is 2.91. The quantitative estimate of drug-likeness (QED) is 0.469. The highest BCUT2D eigenvalue weighted by Gasteiger charge is 1.62. The highest BCUT2D eigenvalue weighted by atomic mass is 35.5. The van der Waals surface area contributed by atoms with Gasteiger partial charge in [0.25, 0.3) is 0 Å². The molecular weight excluding hydrogens is 95.5 g/mol. The number of hydrogen-bond acceptors (Lipinski definition) is 0. The first kappa shape index (κ1) is 6.03. The predicted molar refractivity (Wildman–Crippen MR) is 28.8 cm³/mol. The van der Waals surface area contributed by atoms with E-state index in [-0.39, 0.29) is 0 Å². The summed E-state index contributed by atoms with van der Waals surface area (Å²) in [5.41, 5.74) is 0. The lowest BCUT2D eigenvalue weighted by Gasteiger charge is -1.69. The van der Waals surface area contributed by atoms with Gasteiger partial charge in [0.05, 0.1) is 0 Å². The van der Waals surface area contributed by atoms with Crippen molar-refractivity contribution < 1.29 is 0 Å². The summed E-state index contributed by atoms with van der Waals surface area (Å²) in [4.78, 5) is 0. The molecule has 0 aliphatic rings. The molecule has 6 heavy (non-hydrogen) atoms. The summed E-state index contributed by atoms with van der Waals surface area (Å²) in [6.45, 7) is 2.06. The average molecular weight is 104 g/mol. The van der Waals surface area contributed by atoms with Gasteiger partial charge in [-0.05, 0) is 12.5 Å². The molecule has 0 aromatic carbocycles. The van der Waals surface area contributed by atoms with Crippen LogP contribution in [-0.2, 0) is 0 Å². The molecule has 0 unspecified atom stereocenters. The van der Waals surface area contributed by atoms with Gasteiger partial charge in [0, 0.05) is 5.88 Å². The number of rotatable bonds is 2. The molecule has 0 rings (SSSR count). The zero-order valence-electron chi connectivity index (χ0n) is 3.87. The number of alkyl halides is 1. The van der Waals surface area contributed by atoms with Crippen LogP contribution in [0.4, 0.5) is 0 Å². The van der Waals surface area contributed by atoms with Crippen LogP contribution in [0.5, 0.6) is 0 Å². The molecule has 0 saturated carbocycles. The normalized spacial score (nSPS) is 10.3. The fraction of sp³-hybridized carbons (Fsp3) is 0.600. The number of halogens is 1. The van der Waals surface area contributed by atoms with Gasteiger partial charge in [-0.15, -0.1) is 11.6 Å². The van der Waals surface area contributed by atoms with E-state index in [0.29, 0.717) is 5.88 Å². The third-order valence-corrected chi connectivity index (χ3v) is 0.580. The van der Waals surface area contributed by atoms with Crippen molar-refractivity contribution in [3.8, 4) is 0 Å². The van der Waals surface area contributed by atoms with Gasteiger partial charge < -0.3 is 0 Å². The van der Waals surface area contributed by atoms with Gasteiger partial charge in [-0.25, -0.2) is 0 Å². The SMILES string of the molecule is CC/C=[C]\CCl. The molecule has 0 spiro atoms. The van der Waals surface area contributed by atoms with Gasteiger partial charge in [0.15, 0.2) is 0 Å². The van der Waals surface area contributed by atoms with Crippen molar-refractivity contribution in [3.05, 3.63) is 12.2 Å². The van der Waals surface area contributed by atoms with Crippen molar-refractivity contribution in [2.24, 2.45) is 0 Å². The molecule has 1 radical (unpaired) electrons. The van der Waals surface area contributed by atoms with Crippen LogP contribution in [0.25, 0.3) is 0 Å². The first-order valence-electron chi connectivity index (χ1n) is 2.02. The Morgan fingerprint density at radius 1 is 1.83 bits per heavy atom. The Labute approximate surface area is 43.8 Å². The smallest absolute Gasteiger partial charge is 0.0473 e. The molecule has 0 atom stereocenters. The lowest BCUT2D eigenvalue weighted by molar-refractivity contribution is 1.21. The molecule has 0 saturated heterocycles. The van der Waals surface area contributed by atoms with E-state index in [0.717, 1.165) is 6.42 Å². The molecule has 0 aromatic heterocycles. The second-order valence-electron chi connectivity index (χ2n) is 0.950. The van der Waals surface area contributed by atoms with Gasteiger partial charge in [0.1, 0.15) is 0 Å². The van der Waals surface area contributed by atoms with Crippen LogP contribution in [-0.4, -0.2) is 5.88 Å². The summed E-state index contributed by atoms with van der Waals surface area (Å²) in [6, 6.07) is 0. The fourth-order valence-electron chi connectivity index (χ4n) is 0.199. The van der Waals surface area contributed by atoms with E-state index < -0.39 is 0 Å². The molecular formula is C5H8Cl. The monoisotopic (exact) mass is 103 g/mol. The summed E-state index contributed by atoms with van der Waals surface area (Å²) in [6.07, 6.45) is 5.80. The van der Waals surface area contributed by atoms with E-state index in [1.54, 1.807) is 0 Å². The van der Waals surface area contributed by atoms with Crippen LogP contribution in [0.1, 0.15) is 13.3 Å².